The second-order valence-corrected chi connectivity index (χ2v) is 4.64. The summed E-state index contributed by atoms with van der Waals surface area (Å²) in [7, 11) is 0. The van der Waals surface area contributed by atoms with Crippen molar-refractivity contribution in [3.63, 3.8) is 0 Å². The molecule has 0 fully saturated rings. The Labute approximate surface area is 117 Å². The van der Waals surface area contributed by atoms with Gasteiger partial charge in [0.2, 0.25) is 0 Å². The first-order valence-corrected chi connectivity index (χ1v) is 6.55. The Bertz CT molecular complexity index is 662. The number of rotatable bonds is 4. The first-order chi connectivity index (χ1) is 9.84. The van der Waals surface area contributed by atoms with Crippen molar-refractivity contribution in [3.05, 3.63) is 78.3 Å². The molecular weight excluding hydrogens is 250 g/mol. The van der Waals surface area contributed by atoms with Gasteiger partial charge in [-0.25, -0.2) is 4.98 Å². The van der Waals surface area contributed by atoms with E-state index < -0.39 is 6.10 Å². The molecule has 3 aromatic rings. The minimum Gasteiger partial charge on any atom is -0.443 e. The van der Waals surface area contributed by atoms with Gasteiger partial charge in [-0.05, 0) is 5.56 Å². The first-order valence-electron chi connectivity index (χ1n) is 6.55. The predicted octanol–water partition coefficient (Wildman–Crippen LogP) is 3.62. The molecule has 2 aromatic carbocycles. The van der Waals surface area contributed by atoms with E-state index in [9.17, 15) is 5.11 Å². The molecule has 0 aliphatic carbocycles. The summed E-state index contributed by atoms with van der Waals surface area (Å²) >= 11 is 0. The molecule has 3 rings (SSSR count). The van der Waals surface area contributed by atoms with Gasteiger partial charge in [-0.1, -0.05) is 60.7 Å². The van der Waals surface area contributed by atoms with Gasteiger partial charge in [-0.3, -0.25) is 0 Å². The summed E-state index contributed by atoms with van der Waals surface area (Å²) in [6.45, 7) is 0. The molecule has 1 atom stereocenters. The van der Waals surface area contributed by atoms with Gasteiger partial charge in [0, 0.05) is 12.0 Å². The third-order valence-electron chi connectivity index (χ3n) is 3.22. The third kappa shape index (κ3) is 2.63. The molecule has 0 saturated carbocycles. The highest BCUT2D eigenvalue weighted by Crippen LogP contribution is 2.28. The lowest BCUT2D eigenvalue weighted by molar-refractivity contribution is 0.174. The van der Waals surface area contributed by atoms with Crippen LogP contribution in [0.3, 0.4) is 0 Å². The first kappa shape index (κ1) is 12.6. The monoisotopic (exact) mass is 265 g/mol. The van der Waals surface area contributed by atoms with Gasteiger partial charge < -0.3 is 9.52 Å². The molecule has 1 N–H and O–H groups in total. The Morgan fingerprint density at radius 3 is 2.30 bits per heavy atom. The van der Waals surface area contributed by atoms with Crippen LogP contribution in [-0.2, 0) is 6.42 Å². The number of hydrogen-bond donors (Lipinski definition) is 1. The minimum atomic E-state index is -0.675. The van der Waals surface area contributed by atoms with Crippen LogP contribution in [0.15, 0.2) is 71.5 Å². The molecule has 1 unspecified atom stereocenters. The normalized spacial score (nSPS) is 12.2. The van der Waals surface area contributed by atoms with Crippen molar-refractivity contribution >= 4 is 0 Å². The summed E-state index contributed by atoms with van der Waals surface area (Å²) in [5, 5.41) is 10.4. The fraction of sp³-hybridized carbons (Fsp3) is 0.118. The van der Waals surface area contributed by atoms with Crippen molar-refractivity contribution in [3.8, 4) is 11.3 Å². The van der Waals surface area contributed by atoms with Crippen LogP contribution < -0.4 is 0 Å². The van der Waals surface area contributed by atoms with E-state index >= 15 is 0 Å². The molecule has 3 heteroatoms. The quantitative estimate of drug-likeness (QED) is 0.783. The minimum absolute atomic E-state index is 0.521. The second kappa shape index (κ2) is 5.72. The van der Waals surface area contributed by atoms with Crippen LogP contribution in [0.1, 0.15) is 17.4 Å². The molecule has 20 heavy (non-hydrogen) atoms. The average Bonchev–Trinajstić information content (AvgIpc) is 2.99. The summed E-state index contributed by atoms with van der Waals surface area (Å²) < 4.78 is 5.44. The molecule has 1 heterocycles. The Morgan fingerprint density at radius 1 is 0.950 bits per heavy atom. The summed E-state index contributed by atoms with van der Waals surface area (Å²) in [5.74, 6) is 0.633. The van der Waals surface area contributed by atoms with Crippen LogP contribution in [0.2, 0.25) is 0 Å². The number of hydrogen-bond acceptors (Lipinski definition) is 3. The summed E-state index contributed by atoms with van der Waals surface area (Å²) in [6, 6.07) is 19.6. The smallest absolute Gasteiger partial charge is 0.181 e. The molecular formula is C17H15NO2. The largest absolute Gasteiger partial charge is 0.443 e. The van der Waals surface area contributed by atoms with Crippen molar-refractivity contribution in [1.82, 2.24) is 4.98 Å². The topological polar surface area (TPSA) is 46.3 Å². The van der Waals surface area contributed by atoms with E-state index in [0.717, 1.165) is 11.1 Å². The molecule has 100 valence electrons. The van der Waals surface area contributed by atoms with Gasteiger partial charge in [-0.15, -0.1) is 0 Å². The number of nitrogens with zero attached hydrogens (tertiary/aromatic N) is 1. The lowest BCUT2D eigenvalue weighted by Gasteiger charge is -2.09. The van der Waals surface area contributed by atoms with Crippen molar-refractivity contribution in [1.29, 1.82) is 0 Å². The van der Waals surface area contributed by atoms with E-state index in [-0.39, 0.29) is 0 Å². The molecule has 0 radical (unpaired) electrons. The Balaban J connectivity index is 1.86. The fourth-order valence-electron chi connectivity index (χ4n) is 2.23. The zero-order valence-corrected chi connectivity index (χ0v) is 10.9. The Morgan fingerprint density at radius 2 is 1.60 bits per heavy atom. The van der Waals surface area contributed by atoms with Gasteiger partial charge >= 0.3 is 0 Å². The van der Waals surface area contributed by atoms with Crippen LogP contribution in [0.5, 0.6) is 0 Å². The van der Waals surface area contributed by atoms with E-state index in [1.807, 2.05) is 60.7 Å². The fourth-order valence-corrected chi connectivity index (χ4v) is 2.23. The van der Waals surface area contributed by atoms with E-state index in [0.29, 0.717) is 17.9 Å². The third-order valence-corrected chi connectivity index (χ3v) is 3.22. The Kier molecular flexibility index (Phi) is 3.61. The van der Waals surface area contributed by atoms with E-state index in [1.165, 1.54) is 6.39 Å². The lowest BCUT2D eigenvalue weighted by atomic mass is 10.0. The maximum absolute atomic E-state index is 10.4. The SMILES string of the molecule is OC(Cc1ccccc1)c1ncoc1-c1ccccc1. The van der Waals surface area contributed by atoms with Crippen molar-refractivity contribution in [2.24, 2.45) is 0 Å². The van der Waals surface area contributed by atoms with Gasteiger partial charge in [0.15, 0.2) is 12.2 Å². The van der Waals surface area contributed by atoms with Gasteiger partial charge in [0.25, 0.3) is 0 Å². The zero-order valence-electron chi connectivity index (χ0n) is 10.9. The van der Waals surface area contributed by atoms with Crippen LogP contribution in [0.4, 0.5) is 0 Å². The van der Waals surface area contributed by atoms with Crippen LogP contribution in [0, 0.1) is 0 Å². The summed E-state index contributed by atoms with van der Waals surface area (Å²) in [5.41, 5.74) is 2.58. The van der Waals surface area contributed by atoms with Gasteiger partial charge in [0.05, 0.1) is 0 Å². The number of aliphatic hydroxyl groups is 1. The molecule has 0 saturated heterocycles. The maximum Gasteiger partial charge on any atom is 0.181 e. The predicted molar refractivity (Wildman–Crippen MR) is 77.0 cm³/mol. The van der Waals surface area contributed by atoms with Gasteiger partial charge in [-0.2, -0.15) is 0 Å². The highest BCUT2D eigenvalue weighted by atomic mass is 16.3. The molecule has 0 bridgehead atoms. The zero-order chi connectivity index (χ0) is 13.8. The van der Waals surface area contributed by atoms with E-state index in [1.54, 1.807) is 0 Å². The summed E-state index contributed by atoms with van der Waals surface area (Å²) in [4.78, 5) is 4.17. The highest BCUT2D eigenvalue weighted by Gasteiger charge is 2.18. The van der Waals surface area contributed by atoms with Crippen LogP contribution in [-0.4, -0.2) is 10.1 Å². The molecule has 0 spiro atoms. The van der Waals surface area contributed by atoms with Crippen molar-refractivity contribution < 1.29 is 9.52 Å². The number of oxazole rings is 1. The second-order valence-electron chi connectivity index (χ2n) is 4.64. The van der Waals surface area contributed by atoms with Crippen molar-refractivity contribution in [2.45, 2.75) is 12.5 Å². The van der Waals surface area contributed by atoms with Crippen LogP contribution >= 0.6 is 0 Å². The average molecular weight is 265 g/mol. The van der Waals surface area contributed by atoms with Crippen molar-refractivity contribution in [2.75, 3.05) is 0 Å². The molecule has 0 aliphatic rings. The maximum atomic E-state index is 10.4. The standard InChI is InChI=1S/C17H15NO2/c19-15(11-13-7-3-1-4-8-13)16-17(20-12-18-16)14-9-5-2-6-10-14/h1-10,12,15,19H,11H2. The number of aliphatic hydroxyl groups excluding tert-OH is 1. The number of benzene rings is 2. The molecule has 0 amide bonds. The Hall–Kier alpha value is -2.39. The van der Waals surface area contributed by atoms with E-state index in [2.05, 4.69) is 4.98 Å². The number of aromatic nitrogens is 1. The van der Waals surface area contributed by atoms with Crippen LogP contribution in [0.25, 0.3) is 11.3 Å². The highest BCUT2D eigenvalue weighted by molar-refractivity contribution is 5.59. The molecule has 1 aromatic heterocycles. The lowest BCUT2D eigenvalue weighted by Crippen LogP contribution is -2.03. The molecule has 3 nitrogen and oxygen atoms in total. The van der Waals surface area contributed by atoms with Gasteiger partial charge in [0.1, 0.15) is 11.8 Å². The summed E-state index contributed by atoms with van der Waals surface area (Å²) in [6.07, 6.45) is 1.23. The van der Waals surface area contributed by atoms with E-state index in [4.69, 9.17) is 4.42 Å². The molecule has 0 aliphatic heterocycles.